The van der Waals surface area contributed by atoms with Gasteiger partial charge in [-0.1, -0.05) is 10.6 Å². The summed E-state index contributed by atoms with van der Waals surface area (Å²) in [6.45, 7) is 0. The van der Waals surface area contributed by atoms with Crippen LogP contribution in [-0.4, -0.2) is 15.7 Å². The minimum Gasteiger partial charge on any atom is -0.409 e. The number of carbonyl (C=O) groups excluding carboxylic acids is 1. The minimum atomic E-state index is -0.833. The van der Waals surface area contributed by atoms with Crippen LogP contribution in [0.15, 0.2) is 18.2 Å². The molecule has 2 aromatic rings. The molecule has 0 unspecified atom stereocenters. The van der Waals surface area contributed by atoms with Gasteiger partial charge < -0.3 is 10.5 Å². The Bertz CT molecular complexity index is 454. The normalized spacial score (nSPS) is 10.2. The van der Waals surface area contributed by atoms with Crippen molar-refractivity contribution in [3.05, 3.63) is 18.2 Å². The smallest absolute Gasteiger partial charge is 0.409 e. The quantitative estimate of drug-likeness (QED) is 0.740. The molecule has 0 aliphatic rings. The molecule has 0 aliphatic carbocycles. The molecule has 2 N–H and O–H groups in total. The first-order valence-corrected chi connectivity index (χ1v) is 4.23. The number of rotatable bonds is 1. The highest BCUT2D eigenvalue weighted by Gasteiger charge is 2.07. The van der Waals surface area contributed by atoms with Crippen LogP contribution in [0, 0.1) is 0 Å². The summed E-state index contributed by atoms with van der Waals surface area (Å²) in [5.41, 5.74) is 5.58. The number of fused-ring (bicyclic) bond motifs is 1. The van der Waals surface area contributed by atoms with E-state index in [2.05, 4.69) is 9.59 Å². The van der Waals surface area contributed by atoms with Crippen LogP contribution in [-0.2, 0) is 0 Å². The zero-order chi connectivity index (χ0) is 9.26. The average Bonchev–Trinajstić information content (AvgIpc) is 2.51. The number of aromatic nitrogens is 2. The van der Waals surface area contributed by atoms with E-state index in [9.17, 15) is 4.79 Å². The maximum absolute atomic E-state index is 10.5. The number of nitrogens with two attached hydrogens (primary N) is 1. The Morgan fingerprint density at radius 3 is 3.15 bits per heavy atom. The number of ether oxygens (including phenoxy) is 1. The van der Waals surface area contributed by atoms with Gasteiger partial charge >= 0.3 is 6.09 Å². The fourth-order valence-electron chi connectivity index (χ4n) is 0.969. The number of benzene rings is 1. The van der Waals surface area contributed by atoms with Gasteiger partial charge in [-0.25, -0.2) is 4.79 Å². The first-order valence-electron chi connectivity index (χ1n) is 3.46. The molecule has 2 rings (SSSR count). The summed E-state index contributed by atoms with van der Waals surface area (Å²) in [5.74, 6) is 0.403. The van der Waals surface area contributed by atoms with Crippen LogP contribution in [0.4, 0.5) is 4.79 Å². The van der Waals surface area contributed by atoms with Crippen LogP contribution in [0.2, 0.25) is 0 Å². The zero-order valence-electron chi connectivity index (χ0n) is 6.43. The van der Waals surface area contributed by atoms with Gasteiger partial charge in [0, 0.05) is 0 Å². The fourth-order valence-corrected chi connectivity index (χ4v) is 1.58. The number of hydrogen-bond donors (Lipinski definition) is 1. The van der Waals surface area contributed by atoms with Crippen molar-refractivity contribution in [2.24, 2.45) is 5.73 Å². The first kappa shape index (κ1) is 7.93. The Labute approximate surface area is 77.3 Å². The van der Waals surface area contributed by atoms with E-state index >= 15 is 0 Å². The zero-order valence-corrected chi connectivity index (χ0v) is 7.25. The molecule has 1 heterocycles. The summed E-state index contributed by atoms with van der Waals surface area (Å²) in [6.07, 6.45) is -0.833. The van der Waals surface area contributed by atoms with Gasteiger partial charge in [0.15, 0.2) is 5.75 Å². The largest absolute Gasteiger partial charge is 0.410 e. The Kier molecular flexibility index (Phi) is 1.82. The molecule has 13 heavy (non-hydrogen) atoms. The van der Waals surface area contributed by atoms with Crippen molar-refractivity contribution in [2.75, 3.05) is 0 Å². The van der Waals surface area contributed by atoms with Gasteiger partial charge in [0.05, 0.1) is 0 Å². The van der Waals surface area contributed by atoms with Crippen molar-refractivity contribution < 1.29 is 9.53 Å². The van der Waals surface area contributed by atoms with Crippen molar-refractivity contribution >= 4 is 27.8 Å². The van der Waals surface area contributed by atoms with E-state index in [-0.39, 0.29) is 0 Å². The van der Waals surface area contributed by atoms with Crippen molar-refractivity contribution in [3.63, 3.8) is 0 Å². The minimum absolute atomic E-state index is 0.403. The van der Waals surface area contributed by atoms with Gasteiger partial charge in [-0.3, -0.25) is 0 Å². The molecular weight excluding hydrogens is 190 g/mol. The summed E-state index contributed by atoms with van der Waals surface area (Å²) in [7, 11) is 0. The molecule has 1 amide bonds. The van der Waals surface area contributed by atoms with E-state index in [0.717, 1.165) is 16.2 Å². The van der Waals surface area contributed by atoms with E-state index in [1.54, 1.807) is 18.2 Å². The monoisotopic (exact) mass is 195 g/mol. The van der Waals surface area contributed by atoms with Crippen LogP contribution in [0.1, 0.15) is 0 Å². The first-order chi connectivity index (χ1) is 6.27. The van der Waals surface area contributed by atoms with E-state index in [1.165, 1.54) is 0 Å². The molecule has 1 aromatic heterocycles. The predicted octanol–water partition coefficient (Wildman–Crippen LogP) is 1.15. The Hall–Kier alpha value is -1.69. The highest BCUT2D eigenvalue weighted by Crippen LogP contribution is 2.26. The standard InChI is InChI=1S/C7H5N3O2S/c8-7(11)12-5-3-1-2-4-6(5)13-10-9-4/h1-3H,(H2,8,11). The van der Waals surface area contributed by atoms with Gasteiger partial charge in [0.1, 0.15) is 10.2 Å². The number of amides is 1. The lowest BCUT2D eigenvalue weighted by molar-refractivity contribution is 0.211. The molecule has 66 valence electrons. The molecule has 0 bridgehead atoms. The second-order valence-electron chi connectivity index (χ2n) is 2.30. The van der Waals surface area contributed by atoms with Crippen molar-refractivity contribution in [3.8, 4) is 5.75 Å². The second kappa shape index (κ2) is 2.98. The van der Waals surface area contributed by atoms with E-state index < -0.39 is 6.09 Å². The molecule has 6 heteroatoms. The summed E-state index contributed by atoms with van der Waals surface area (Å²) in [6, 6.07) is 5.15. The summed E-state index contributed by atoms with van der Waals surface area (Å²) in [5, 5.41) is 3.82. The third-order valence-electron chi connectivity index (χ3n) is 1.45. The van der Waals surface area contributed by atoms with Gasteiger partial charge in [-0.2, -0.15) is 0 Å². The molecule has 5 nitrogen and oxygen atoms in total. The Balaban J connectivity index is 2.54. The van der Waals surface area contributed by atoms with Gasteiger partial charge in [0.25, 0.3) is 0 Å². The lowest BCUT2D eigenvalue weighted by Crippen LogP contribution is -2.16. The third kappa shape index (κ3) is 1.43. The molecule has 0 saturated heterocycles. The van der Waals surface area contributed by atoms with E-state index in [0.29, 0.717) is 11.3 Å². The van der Waals surface area contributed by atoms with Crippen molar-refractivity contribution in [1.29, 1.82) is 0 Å². The molecular formula is C7H5N3O2S. The second-order valence-corrected chi connectivity index (χ2v) is 3.05. The van der Waals surface area contributed by atoms with Crippen molar-refractivity contribution in [1.82, 2.24) is 9.59 Å². The summed E-state index contributed by atoms with van der Waals surface area (Å²) < 4.78 is 9.21. The van der Waals surface area contributed by atoms with Crippen LogP contribution in [0.5, 0.6) is 5.75 Å². The molecule has 0 radical (unpaired) electrons. The number of carbonyl (C=O) groups is 1. The van der Waals surface area contributed by atoms with E-state index in [4.69, 9.17) is 10.5 Å². The Morgan fingerprint density at radius 1 is 1.54 bits per heavy atom. The van der Waals surface area contributed by atoms with Crippen molar-refractivity contribution in [2.45, 2.75) is 0 Å². The van der Waals surface area contributed by atoms with Crippen LogP contribution in [0.25, 0.3) is 10.2 Å². The summed E-state index contributed by atoms with van der Waals surface area (Å²) in [4.78, 5) is 10.5. The molecule has 0 fully saturated rings. The highest BCUT2D eigenvalue weighted by molar-refractivity contribution is 7.13. The van der Waals surface area contributed by atoms with Gasteiger partial charge in [-0.05, 0) is 23.7 Å². The van der Waals surface area contributed by atoms with Crippen LogP contribution < -0.4 is 10.5 Å². The van der Waals surface area contributed by atoms with Crippen LogP contribution in [0.3, 0.4) is 0 Å². The lowest BCUT2D eigenvalue weighted by atomic mass is 10.3. The predicted molar refractivity (Wildman–Crippen MR) is 47.6 cm³/mol. The number of hydrogen-bond acceptors (Lipinski definition) is 5. The van der Waals surface area contributed by atoms with E-state index in [1.807, 2.05) is 0 Å². The average molecular weight is 195 g/mol. The fraction of sp³-hybridized carbons (Fsp3) is 0. The maximum Gasteiger partial charge on any atom is 0.410 e. The molecule has 1 aromatic carbocycles. The topological polar surface area (TPSA) is 78.1 Å². The van der Waals surface area contributed by atoms with Gasteiger partial charge in [0.2, 0.25) is 0 Å². The lowest BCUT2D eigenvalue weighted by Gasteiger charge is -1.99. The summed E-state index contributed by atoms with van der Waals surface area (Å²) >= 11 is 1.16. The maximum atomic E-state index is 10.5. The van der Waals surface area contributed by atoms with Crippen LogP contribution >= 0.6 is 11.5 Å². The third-order valence-corrected chi connectivity index (χ3v) is 2.21. The molecule has 0 atom stereocenters. The molecule has 0 spiro atoms. The molecule has 0 aliphatic heterocycles. The SMILES string of the molecule is NC(=O)Oc1cccc2nnsc12. The number of primary amides is 1. The number of nitrogens with zero attached hydrogens (tertiary/aromatic N) is 2. The molecule has 0 saturated carbocycles. The van der Waals surface area contributed by atoms with Gasteiger partial charge in [-0.15, -0.1) is 5.10 Å². The Morgan fingerprint density at radius 2 is 2.38 bits per heavy atom. The highest BCUT2D eigenvalue weighted by atomic mass is 32.1.